The molecule has 98 valence electrons. The van der Waals surface area contributed by atoms with Gasteiger partial charge in [0.2, 0.25) is 0 Å². The van der Waals surface area contributed by atoms with Gasteiger partial charge in [-0.1, -0.05) is 6.07 Å². The second kappa shape index (κ2) is 6.29. The molecule has 0 spiro atoms. The maximum absolute atomic E-state index is 12.0. The summed E-state index contributed by atoms with van der Waals surface area (Å²) < 4.78 is 5.39. The number of nitrogens with one attached hydrogen (secondary N) is 1. The summed E-state index contributed by atoms with van der Waals surface area (Å²) in [6.45, 7) is 2.52. The van der Waals surface area contributed by atoms with E-state index in [9.17, 15) is 4.79 Å². The molecule has 0 aliphatic rings. The highest BCUT2D eigenvalue weighted by Crippen LogP contribution is 2.18. The van der Waals surface area contributed by atoms with Gasteiger partial charge in [-0.05, 0) is 43.3 Å². The first kappa shape index (κ1) is 13.5. The zero-order valence-corrected chi connectivity index (χ0v) is 11.5. The predicted octanol–water partition coefficient (Wildman–Crippen LogP) is 3.63. The van der Waals surface area contributed by atoms with Crippen LogP contribution >= 0.6 is 12.6 Å². The van der Waals surface area contributed by atoms with Gasteiger partial charge in [-0.2, -0.15) is 0 Å². The van der Waals surface area contributed by atoms with Crippen molar-refractivity contribution < 1.29 is 9.53 Å². The molecule has 0 aliphatic carbocycles. The summed E-state index contributed by atoms with van der Waals surface area (Å²) in [5.74, 6) is 0.591. The fraction of sp³-hybridized carbons (Fsp3) is 0.133. The monoisotopic (exact) mass is 273 g/mol. The minimum Gasteiger partial charge on any atom is -0.494 e. The molecule has 0 atom stereocenters. The first-order chi connectivity index (χ1) is 9.19. The Morgan fingerprint density at radius 1 is 1.21 bits per heavy atom. The number of ether oxygens (including phenoxy) is 1. The largest absolute Gasteiger partial charge is 0.494 e. The molecule has 0 bridgehead atoms. The van der Waals surface area contributed by atoms with Crippen molar-refractivity contribution in [1.82, 2.24) is 0 Å². The number of hydrogen-bond donors (Lipinski definition) is 2. The minimum atomic E-state index is -0.151. The van der Waals surface area contributed by atoms with E-state index in [1.165, 1.54) is 0 Å². The molecule has 2 aromatic rings. The maximum atomic E-state index is 12.0. The van der Waals surface area contributed by atoms with Crippen molar-refractivity contribution in [2.45, 2.75) is 11.8 Å². The van der Waals surface area contributed by atoms with E-state index >= 15 is 0 Å². The van der Waals surface area contributed by atoms with Gasteiger partial charge < -0.3 is 10.1 Å². The summed E-state index contributed by atoms with van der Waals surface area (Å²) in [5, 5.41) is 2.83. The molecule has 2 rings (SSSR count). The van der Waals surface area contributed by atoms with Crippen molar-refractivity contribution in [2.24, 2.45) is 0 Å². The molecule has 19 heavy (non-hydrogen) atoms. The van der Waals surface area contributed by atoms with Gasteiger partial charge in [0.05, 0.1) is 6.61 Å². The third-order valence-electron chi connectivity index (χ3n) is 2.53. The molecule has 0 heterocycles. The topological polar surface area (TPSA) is 38.3 Å². The predicted molar refractivity (Wildman–Crippen MR) is 79.3 cm³/mol. The fourth-order valence-electron chi connectivity index (χ4n) is 1.65. The van der Waals surface area contributed by atoms with E-state index in [1.807, 2.05) is 25.1 Å². The first-order valence-electron chi connectivity index (χ1n) is 6.02. The van der Waals surface area contributed by atoms with Crippen LogP contribution in [0, 0.1) is 0 Å². The third-order valence-corrected chi connectivity index (χ3v) is 2.83. The number of hydrogen-bond acceptors (Lipinski definition) is 3. The Balaban J connectivity index is 2.10. The lowest BCUT2D eigenvalue weighted by Crippen LogP contribution is -2.11. The van der Waals surface area contributed by atoms with Crippen LogP contribution in [-0.4, -0.2) is 12.5 Å². The number of carbonyl (C=O) groups excluding carboxylic acids is 1. The molecule has 0 aromatic heterocycles. The lowest BCUT2D eigenvalue weighted by atomic mass is 10.2. The number of rotatable bonds is 4. The van der Waals surface area contributed by atoms with Crippen LogP contribution in [0.5, 0.6) is 5.75 Å². The minimum absolute atomic E-state index is 0.151. The molecule has 0 fully saturated rings. The van der Waals surface area contributed by atoms with Gasteiger partial charge in [-0.3, -0.25) is 4.79 Å². The summed E-state index contributed by atoms with van der Waals surface area (Å²) in [5.41, 5.74) is 1.31. The first-order valence-corrected chi connectivity index (χ1v) is 6.47. The molecule has 1 amide bonds. The molecule has 0 unspecified atom stereocenters. The quantitative estimate of drug-likeness (QED) is 0.835. The molecule has 4 heteroatoms. The van der Waals surface area contributed by atoms with E-state index < -0.39 is 0 Å². The standard InChI is InChI=1S/C15H15NO2S/c1-2-18-13-5-3-4-12(10-13)16-15(17)11-6-8-14(19)9-7-11/h3-10,19H,2H2,1H3,(H,16,17). The lowest BCUT2D eigenvalue weighted by Gasteiger charge is -2.08. The number of amides is 1. The number of thiol groups is 1. The molecule has 0 saturated carbocycles. The van der Waals surface area contributed by atoms with Gasteiger partial charge in [0.1, 0.15) is 5.75 Å². The molecular formula is C15H15NO2S. The Hall–Kier alpha value is -1.94. The molecule has 0 radical (unpaired) electrons. The van der Waals surface area contributed by atoms with Crippen molar-refractivity contribution in [3.63, 3.8) is 0 Å². The average Bonchev–Trinajstić information content (AvgIpc) is 2.40. The molecule has 1 N–H and O–H groups in total. The van der Waals surface area contributed by atoms with Crippen LogP contribution in [0.2, 0.25) is 0 Å². The number of anilines is 1. The molecule has 0 saturated heterocycles. The summed E-state index contributed by atoms with van der Waals surface area (Å²) in [6, 6.07) is 14.4. The number of benzene rings is 2. The normalized spacial score (nSPS) is 10.0. The zero-order chi connectivity index (χ0) is 13.7. The van der Waals surface area contributed by atoms with Crippen LogP contribution in [-0.2, 0) is 0 Å². The van der Waals surface area contributed by atoms with E-state index in [0.29, 0.717) is 17.9 Å². The van der Waals surface area contributed by atoms with Gasteiger partial charge >= 0.3 is 0 Å². The van der Waals surface area contributed by atoms with Crippen LogP contribution < -0.4 is 10.1 Å². The van der Waals surface area contributed by atoms with E-state index in [1.54, 1.807) is 30.3 Å². The Labute approximate surface area is 118 Å². The van der Waals surface area contributed by atoms with Gasteiger partial charge in [0.25, 0.3) is 5.91 Å². The van der Waals surface area contributed by atoms with Crippen LogP contribution in [0.1, 0.15) is 17.3 Å². The van der Waals surface area contributed by atoms with Crippen molar-refractivity contribution >= 4 is 24.2 Å². The van der Waals surface area contributed by atoms with E-state index in [-0.39, 0.29) is 5.91 Å². The summed E-state index contributed by atoms with van der Waals surface area (Å²) >= 11 is 4.19. The Kier molecular flexibility index (Phi) is 4.47. The molecule has 0 aliphatic heterocycles. The second-order valence-corrected chi connectivity index (χ2v) is 4.48. The molecule has 2 aromatic carbocycles. The van der Waals surface area contributed by atoms with E-state index in [4.69, 9.17) is 4.74 Å². The van der Waals surface area contributed by atoms with Crippen LogP contribution in [0.25, 0.3) is 0 Å². The lowest BCUT2D eigenvalue weighted by molar-refractivity contribution is 0.102. The summed E-state index contributed by atoms with van der Waals surface area (Å²) in [4.78, 5) is 12.8. The van der Waals surface area contributed by atoms with Crippen LogP contribution in [0.3, 0.4) is 0 Å². The van der Waals surface area contributed by atoms with Gasteiger partial charge in [-0.15, -0.1) is 12.6 Å². The zero-order valence-electron chi connectivity index (χ0n) is 10.6. The smallest absolute Gasteiger partial charge is 0.255 e. The second-order valence-electron chi connectivity index (χ2n) is 3.96. The van der Waals surface area contributed by atoms with Crippen molar-refractivity contribution in [3.05, 3.63) is 54.1 Å². The van der Waals surface area contributed by atoms with Crippen molar-refractivity contribution in [1.29, 1.82) is 0 Å². The summed E-state index contributed by atoms with van der Waals surface area (Å²) in [7, 11) is 0. The van der Waals surface area contributed by atoms with E-state index in [2.05, 4.69) is 17.9 Å². The van der Waals surface area contributed by atoms with Crippen LogP contribution in [0.4, 0.5) is 5.69 Å². The highest BCUT2D eigenvalue weighted by molar-refractivity contribution is 7.80. The van der Waals surface area contributed by atoms with Gasteiger partial charge in [0, 0.05) is 22.2 Å². The average molecular weight is 273 g/mol. The van der Waals surface area contributed by atoms with Gasteiger partial charge in [0.15, 0.2) is 0 Å². The SMILES string of the molecule is CCOc1cccc(NC(=O)c2ccc(S)cc2)c1. The van der Waals surface area contributed by atoms with Crippen molar-refractivity contribution in [3.8, 4) is 5.75 Å². The molecular weight excluding hydrogens is 258 g/mol. The Morgan fingerprint density at radius 3 is 2.63 bits per heavy atom. The number of carbonyl (C=O) groups is 1. The Morgan fingerprint density at radius 2 is 1.95 bits per heavy atom. The summed E-state index contributed by atoms with van der Waals surface area (Å²) in [6.07, 6.45) is 0. The van der Waals surface area contributed by atoms with Crippen molar-refractivity contribution in [2.75, 3.05) is 11.9 Å². The fourth-order valence-corrected chi connectivity index (χ4v) is 1.80. The molecule has 3 nitrogen and oxygen atoms in total. The van der Waals surface area contributed by atoms with Crippen LogP contribution in [0.15, 0.2) is 53.4 Å². The van der Waals surface area contributed by atoms with Gasteiger partial charge in [-0.25, -0.2) is 0 Å². The Bertz CT molecular complexity index is 567. The highest BCUT2D eigenvalue weighted by Gasteiger charge is 2.06. The van der Waals surface area contributed by atoms with E-state index in [0.717, 1.165) is 10.6 Å². The maximum Gasteiger partial charge on any atom is 0.255 e. The third kappa shape index (κ3) is 3.76. The highest BCUT2D eigenvalue weighted by atomic mass is 32.1.